The second-order valence-corrected chi connectivity index (χ2v) is 6.82. The zero-order valence-corrected chi connectivity index (χ0v) is 15.7. The van der Waals surface area contributed by atoms with Crippen LogP contribution >= 0.6 is 0 Å². The van der Waals surface area contributed by atoms with Gasteiger partial charge in [0, 0.05) is 18.8 Å². The fourth-order valence-electron chi connectivity index (χ4n) is 3.52. The van der Waals surface area contributed by atoms with E-state index in [0.717, 1.165) is 53.8 Å². The van der Waals surface area contributed by atoms with E-state index in [1.807, 2.05) is 42.1 Å². The maximum atomic E-state index is 6.21. The number of rotatable bonds is 5. The quantitative estimate of drug-likeness (QED) is 0.264. The van der Waals surface area contributed by atoms with Crippen molar-refractivity contribution in [2.75, 3.05) is 18.1 Å². The van der Waals surface area contributed by atoms with Crippen LogP contribution in [0.4, 0.5) is 5.69 Å². The highest BCUT2D eigenvalue weighted by molar-refractivity contribution is 5.95. The van der Waals surface area contributed by atoms with E-state index < -0.39 is 0 Å². The first-order valence-electron chi connectivity index (χ1n) is 9.22. The summed E-state index contributed by atoms with van der Waals surface area (Å²) in [4.78, 5) is 8.92. The molecule has 1 fully saturated rings. The largest absolute Gasteiger partial charge is 0.473 e. The van der Waals surface area contributed by atoms with Crippen molar-refractivity contribution in [2.24, 2.45) is 23.8 Å². The highest BCUT2D eigenvalue weighted by Crippen LogP contribution is 2.33. The Bertz CT molecular complexity index is 976. The maximum Gasteiger partial charge on any atom is 0.242 e. The van der Waals surface area contributed by atoms with Crippen molar-refractivity contribution in [2.45, 2.75) is 18.9 Å². The monoisotopic (exact) mass is 380 g/mol. The molecule has 0 aliphatic carbocycles. The SMILES string of the molecule is Cn1cc(-c2ccc(N(N)/C=N\N)cc2)c2ncnc(OC3CCNCC3)c21. The summed E-state index contributed by atoms with van der Waals surface area (Å²) in [5.74, 6) is 11.6. The fraction of sp³-hybridized carbons (Fsp3) is 0.316. The number of aryl methyl sites for hydroxylation is 1. The molecule has 3 aromatic rings. The summed E-state index contributed by atoms with van der Waals surface area (Å²) in [5, 5.41) is 8.14. The van der Waals surface area contributed by atoms with Gasteiger partial charge < -0.3 is 20.5 Å². The van der Waals surface area contributed by atoms with Crippen molar-refractivity contribution in [3.05, 3.63) is 36.8 Å². The third kappa shape index (κ3) is 3.49. The zero-order chi connectivity index (χ0) is 19.5. The molecule has 9 nitrogen and oxygen atoms in total. The van der Waals surface area contributed by atoms with Gasteiger partial charge in [-0.1, -0.05) is 12.1 Å². The smallest absolute Gasteiger partial charge is 0.242 e. The van der Waals surface area contributed by atoms with Crippen molar-refractivity contribution in [3.63, 3.8) is 0 Å². The number of hydrogen-bond acceptors (Lipinski definition) is 7. The van der Waals surface area contributed by atoms with Gasteiger partial charge in [-0.15, -0.1) is 0 Å². The standard InChI is InChI=1S/C19H24N8O/c1-26-10-16(13-2-4-14(5-3-13)27(21)12-25-20)17-18(26)19(24-11-23-17)28-15-6-8-22-9-7-15/h2-5,10-12,15,22H,6-9,20-21H2,1H3/b25-12-. The highest BCUT2D eigenvalue weighted by Gasteiger charge is 2.20. The number of nitrogens with one attached hydrogen (secondary N) is 1. The molecular weight excluding hydrogens is 356 g/mol. The molecule has 0 spiro atoms. The summed E-state index contributed by atoms with van der Waals surface area (Å²) in [6, 6.07) is 7.79. The molecule has 28 heavy (non-hydrogen) atoms. The predicted octanol–water partition coefficient (Wildman–Crippen LogP) is 1.35. The predicted molar refractivity (Wildman–Crippen MR) is 110 cm³/mol. The van der Waals surface area contributed by atoms with Crippen LogP contribution in [0.5, 0.6) is 5.88 Å². The highest BCUT2D eigenvalue weighted by atomic mass is 16.5. The number of nitrogens with two attached hydrogens (primary N) is 2. The summed E-state index contributed by atoms with van der Waals surface area (Å²) in [5.41, 5.74) is 4.58. The van der Waals surface area contributed by atoms with Crippen LogP contribution in [0.2, 0.25) is 0 Å². The van der Waals surface area contributed by atoms with E-state index in [1.54, 1.807) is 6.33 Å². The lowest BCUT2D eigenvalue weighted by atomic mass is 10.1. The Morgan fingerprint density at radius 1 is 1.25 bits per heavy atom. The summed E-state index contributed by atoms with van der Waals surface area (Å²) in [6.45, 7) is 1.94. The van der Waals surface area contributed by atoms with Gasteiger partial charge in [0.15, 0.2) is 0 Å². The minimum absolute atomic E-state index is 0.178. The van der Waals surface area contributed by atoms with Gasteiger partial charge in [0.25, 0.3) is 0 Å². The van der Waals surface area contributed by atoms with E-state index in [-0.39, 0.29) is 6.10 Å². The van der Waals surface area contributed by atoms with Crippen LogP contribution in [0.3, 0.4) is 0 Å². The summed E-state index contributed by atoms with van der Waals surface area (Å²) >= 11 is 0. The van der Waals surface area contributed by atoms with Crippen LogP contribution in [0.25, 0.3) is 22.2 Å². The number of benzene rings is 1. The van der Waals surface area contributed by atoms with Crippen LogP contribution in [-0.2, 0) is 7.05 Å². The summed E-state index contributed by atoms with van der Waals surface area (Å²) in [6.07, 6.45) is 7.10. The number of aromatic nitrogens is 3. The van der Waals surface area contributed by atoms with Gasteiger partial charge in [0.05, 0.1) is 5.69 Å². The third-order valence-corrected chi connectivity index (χ3v) is 4.95. The molecule has 1 aromatic carbocycles. The number of piperidine rings is 1. The molecule has 4 rings (SSSR count). The van der Waals surface area contributed by atoms with Crippen LogP contribution in [-0.4, -0.2) is 40.1 Å². The number of hydrazine groups is 1. The lowest BCUT2D eigenvalue weighted by molar-refractivity contribution is 0.157. The lowest BCUT2D eigenvalue weighted by Crippen LogP contribution is -2.34. The Balaban J connectivity index is 1.68. The molecule has 0 bridgehead atoms. The second kappa shape index (κ2) is 7.83. The van der Waals surface area contributed by atoms with E-state index in [4.69, 9.17) is 16.4 Å². The van der Waals surface area contributed by atoms with E-state index in [2.05, 4.69) is 20.4 Å². The summed E-state index contributed by atoms with van der Waals surface area (Å²) in [7, 11) is 1.98. The van der Waals surface area contributed by atoms with E-state index in [9.17, 15) is 0 Å². The van der Waals surface area contributed by atoms with Crippen LogP contribution in [0, 0.1) is 0 Å². The number of hydrogen-bond donors (Lipinski definition) is 3. The molecule has 5 N–H and O–H groups in total. The first kappa shape index (κ1) is 18.2. The number of ether oxygens (including phenoxy) is 1. The van der Waals surface area contributed by atoms with Gasteiger partial charge in [0.1, 0.15) is 29.8 Å². The van der Waals surface area contributed by atoms with Crippen molar-refractivity contribution in [1.29, 1.82) is 0 Å². The molecule has 0 saturated carbocycles. The lowest BCUT2D eigenvalue weighted by Gasteiger charge is -2.23. The molecule has 1 aliphatic heterocycles. The first-order valence-corrected chi connectivity index (χ1v) is 9.22. The van der Waals surface area contributed by atoms with Gasteiger partial charge >= 0.3 is 0 Å². The summed E-state index contributed by atoms with van der Waals surface area (Å²) < 4.78 is 8.23. The van der Waals surface area contributed by atoms with Crippen molar-refractivity contribution in [1.82, 2.24) is 19.9 Å². The molecule has 0 amide bonds. The molecular formula is C19H24N8O. The van der Waals surface area contributed by atoms with Gasteiger partial charge in [-0.25, -0.2) is 10.8 Å². The van der Waals surface area contributed by atoms with Gasteiger partial charge in [-0.05, 0) is 43.6 Å². The van der Waals surface area contributed by atoms with Crippen molar-refractivity contribution >= 4 is 23.1 Å². The van der Waals surface area contributed by atoms with Crippen molar-refractivity contribution < 1.29 is 4.74 Å². The molecule has 3 heterocycles. The van der Waals surface area contributed by atoms with Gasteiger partial charge in [-0.3, -0.25) is 5.01 Å². The molecule has 1 saturated heterocycles. The minimum atomic E-state index is 0.178. The molecule has 9 heteroatoms. The Morgan fingerprint density at radius 3 is 2.71 bits per heavy atom. The average Bonchev–Trinajstić information content (AvgIpc) is 3.07. The van der Waals surface area contributed by atoms with E-state index in [1.165, 1.54) is 11.3 Å². The van der Waals surface area contributed by atoms with Crippen molar-refractivity contribution in [3.8, 4) is 17.0 Å². The maximum absolute atomic E-state index is 6.21. The normalized spacial score (nSPS) is 15.4. The molecule has 146 valence electrons. The third-order valence-electron chi connectivity index (χ3n) is 4.95. The zero-order valence-electron chi connectivity index (χ0n) is 15.7. The molecule has 0 radical (unpaired) electrons. The van der Waals surface area contributed by atoms with Crippen LogP contribution in [0.1, 0.15) is 12.8 Å². The Kier molecular flexibility index (Phi) is 5.09. The van der Waals surface area contributed by atoms with E-state index in [0.29, 0.717) is 5.88 Å². The number of nitrogens with zero attached hydrogens (tertiary/aromatic N) is 5. The van der Waals surface area contributed by atoms with Crippen LogP contribution < -0.4 is 26.7 Å². The second-order valence-electron chi connectivity index (χ2n) is 6.82. The molecule has 1 aliphatic rings. The first-order chi connectivity index (χ1) is 13.7. The number of anilines is 1. The number of hydrazone groups is 1. The Morgan fingerprint density at radius 2 is 2.00 bits per heavy atom. The fourth-order valence-corrected chi connectivity index (χ4v) is 3.52. The number of fused-ring (bicyclic) bond motifs is 1. The minimum Gasteiger partial charge on any atom is -0.473 e. The van der Waals surface area contributed by atoms with Gasteiger partial charge in [0.2, 0.25) is 5.88 Å². The molecule has 0 atom stereocenters. The molecule has 0 unspecified atom stereocenters. The van der Waals surface area contributed by atoms with Crippen LogP contribution in [0.15, 0.2) is 41.9 Å². The van der Waals surface area contributed by atoms with E-state index >= 15 is 0 Å². The van der Waals surface area contributed by atoms with Gasteiger partial charge in [-0.2, -0.15) is 10.1 Å². The topological polar surface area (TPSA) is 120 Å². The molecule has 2 aromatic heterocycles. The average molecular weight is 380 g/mol. The Hall–Kier alpha value is -3.17. The Labute approximate surface area is 163 Å².